The van der Waals surface area contributed by atoms with Gasteiger partial charge in [-0.05, 0) is 52.0 Å². The van der Waals surface area contributed by atoms with Gasteiger partial charge in [-0.15, -0.1) is 0 Å². The minimum Gasteiger partial charge on any atom is -0.372 e. The zero-order valence-electron chi connectivity index (χ0n) is 13.6. The van der Waals surface area contributed by atoms with Crippen LogP contribution in [0.4, 0.5) is 11.4 Å². The van der Waals surface area contributed by atoms with Crippen LogP contribution in [0.25, 0.3) is 0 Å². The van der Waals surface area contributed by atoms with Crippen molar-refractivity contribution in [3.05, 3.63) is 41.3 Å². The molecule has 1 heterocycles. The molecule has 1 amide bonds. The molecule has 22 heavy (non-hydrogen) atoms. The number of amides is 1. The van der Waals surface area contributed by atoms with E-state index in [1.807, 2.05) is 38.1 Å². The largest absolute Gasteiger partial charge is 0.372 e. The van der Waals surface area contributed by atoms with Crippen LogP contribution in [-0.2, 0) is 11.2 Å². The topological polar surface area (TPSA) is 58.4 Å². The smallest absolute Gasteiger partial charge is 0.228 e. The van der Waals surface area contributed by atoms with E-state index >= 15 is 0 Å². The summed E-state index contributed by atoms with van der Waals surface area (Å²) in [5, 5.41) is 6.78. The summed E-state index contributed by atoms with van der Waals surface area (Å²) in [4.78, 5) is 14.4. The lowest BCUT2D eigenvalue weighted by Gasteiger charge is -2.21. The van der Waals surface area contributed by atoms with Crippen molar-refractivity contribution in [1.82, 2.24) is 5.16 Å². The third-order valence-corrected chi connectivity index (χ3v) is 3.80. The number of carbonyl (C=O) groups excluding carboxylic acids is 1. The Morgan fingerprint density at radius 1 is 1.18 bits per heavy atom. The maximum atomic E-state index is 12.1. The SMILES string of the molecule is CCN(CC)c1ccc(NC(=O)Cc2c(C)noc2C)cc1. The van der Waals surface area contributed by atoms with Crippen LogP contribution in [0.5, 0.6) is 0 Å². The fourth-order valence-electron chi connectivity index (χ4n) is 2.46. The standard InChI is InChI=1S/C17H23N3O2/c1-5-20(6-2)15-9-7-14(8-10-15)18-17(21)11-16-12(3)19-22-13(16)4/h7-10H,5-6,11H2,1-4H3,(H,18,21). The minimum atomic E-state index is -0.0648. The molecule has 0 spiro atoms. The maximum Gasteiger partial charge on any atom is 0.228 e. The molecule has 2 rings (SSSR count). The normalized spacial score (nSPS) is 10.5. The molecule has 5 nitrogen and oxygen atoms in total. The van der Waals surface area contributed by atoms with Crippen LogP contribution in [0.15, 0.2) is 28.8 Å². The van der Waals surface area contributed by atoms with Crippen LogP contribution in [0.1, 0.15) is 30.9 Å². The summed E-state index contributed by atoms with van der Waals surface area (Å²) in [6.45, 7) is 9.85. The summed E-state index contributed by atoms with van der Waals surface area (Å²) in [6.07, 6.45) is 0.277. The van der Waals surface area contributed by atoms with E-state index < -0.39 is 0 Å². The fourth-order valence-corrected chi connectivity index (χ4v) is 2.46. The van der Waals surface area contributed by atoms with Gasteiger partial charge in [0.25, 0.3) is 0 Å². The highest BCUT2D eigenvalue weighted by Crippen LogP contribution is 2.18. The molecular formula is C17H23N3O2. The average molecular weight is 301 g/mol. The Hall–Kier alpha value is -2.30. The van der Waals surface area contributed by atoms with E-state index in [1.165, 1.54) is 0 Å². The van der Waals surface area contributed by atoms with Crippen molar-refractivity contribution < 1.29 is 9.32 Å². The summed E-state index contributed by atoms with van der Waals surface area (Å²) in [6, 6.07) is 7.91. The van der Waals surface area contributed by atoms with Crippen molar-refractivity contribution in [3.63, 3.8) is 0 Å². The molecule has 0 atom stereocenters. The Morgan fingerprint density at radius 3 is 2.32 bits per heavy atom. The molecular weight excluding hydrogens is 278 g/mol. The Labute approximate surface area is 131 Å². The summed E-state index contributed by atoms with van der Waals surface area (Å²) in [7, 11) is 0. The highest BCUT2D eigenvalue weighted by atomic mass is 16.5. The third kappa shape index (κ3) is 3.67. The van der Waals surface area contributed by atoms with Gasteiger partial charge in [-0.25, -0.2) is 0 Å². The number of aromatic nitrogens is 1. The van der Waals surface area contributed by atoms with Gasteiger partial charge in [0, 0.05) is 30.0 Å². The molecule has 0 aliphatic carbocycles. The minimum absolute atomic E-state index is 0.0648. The molecule has 0 saturated heterocycles. The number of aryl methyl sites for hydroxylation is 2. The van der Waals surface area contributed by atoms with Crippen molar-refractivity contribution in [2.75, 3.05) is 23.3 Å². The van der Waals surface area contributed by atoms with E-state index in [-0.39, 0.29) is 12.3 Å². The lowest BCUT2D eigenvalue weighted by Crippen LogP contribution is -2.21. The van der Waals surface area contributed by atoms with Crippen LogP contribution in [-0.4, -0.2) is 24.2 Å². The first kappa shape index (κ1) is 16.1. The second-order valence-corrected chi connectivity index (χ2v) is 5.25. The van der Waals surface area contributed by atoms with Gasteiger partial charge in [0.1, 0.15) is 5.76 Å². The Bertz CT molecular complexity index is 608. The Kier molecular flexibility index (Phi) is 5.20. The summed E-state index contributed by atoms with van der Waals surface area (Å²) in [5.74, 6) is 0.634. The summed E-state index contributed by atoms with van der Waals surface area (Å²) < 4.78 is 5.08. The number of hydrogen-bond acceptors (Lipinski definition) is 4. The highest BCUT2D eigenvalue weighted by Gasteiger charge is 2.13. The molecule has 1 N–H and O–H groups in total. The van der Waals surface area contributed by atoms with Crippen LogP contribution < -0.4 is 10.2 Å². The second-order valence-electron chi connectivity index (χ2n) is 5.25. The van der Waals surface area contributed by atoms with Gasteiger partial charge in [-0.2, -0.15) is 0 Å². The molecule has 2 aromatic rings. The number of anilines is 2. The first-order valence-electron chi connectivity index (χ1n) is 7.61. The van der Waals surface area contributed by atoms with Gasteiger partial charge < -0.3 is 14.7 Å². The van der Waals surface area contributed by atoms with E-state index in [9.17, 15) is 4.79 Å². The van der Waals surface area contributed by atoms with E-state index in [1.54, 1.807) is 0 Å². The van der Waals surface area contributed by atoms with Crippen molar-refractivity contribution in [3.8, 4) is 0 Å². The Balaban J connectivity index is 2.00. The molecule has 1 aromatic carbocycles. The fraction of sp³-hybridized carbons (Fsp3) is 0.412. The van der Waals surface area contributed by atoms with Crippen molar-refractivity contribution in [1.29, 1.82) is 0 Å². The van der Waals surface area contributed by atoms with Crippen LogP contribution in [0.3, 0.4) is 0 Å². The van der Waals surface area contributed by atoms with E-state index in [2.05, 4.69) is 29.2 Å². The molecule has 0 radical (unpaired) electrons. The molecule has 118 valence electrons. The third-order valence-electron chi connectivity index (χ3n) is 3.80. The lowest BCUT2D eigenvalue weighted by atomic mass is 10.1. The van der Waals surface area contributed by atoms with Gasteiger partial charge in [-0.1, -0.05) is 5.16 Å². The predicted molar refractivity (Wildman–Crippen MR) is 88.3 cm³/mol. The second kappa shape index (κ2) is 7.11. The van der Waals surface area contributed by atoms with Crippen molar-refractivity contribution in [2.24, 2.45) is 0 Å². The predicted octanol–water partition coefficient (Wildman–Crippen LogP) is 3.32. The molecule has 1 aromatic heterocycles. The monoisotopic (exact) mass is 301 g/mol. The molecule has 0 aliphatic rings. The molecule has 0 bridgehead atoms. The van der Waals surface area contributed by atoms with Gasteiger partial charge in [0.2, 0.25) is 5.91 Å². The number of carbonyl (C=O) groups is 1. The van der Waals surface area contributed by atoms with E-state index in [4.69, 9.17) is 4.52 Å². The first-order valence-corrected chi connectivity index (χ1v) is 7.61. The highest BCUT2D eigenvalue weighted by molar-refractivity contribution is 5.92. The molecule has 0 fully saturated rings. The Morgan fingerprint density at radius 2 is 1.82 bits per heavy atom. The van der Waals surface area contributed by atoms with Crippen LogP contribution in [0.2, 0.25) is 0 Å². The maximum absolute atomic E-state index is 12.1. The number of hydrogen-bond donors (Lipinski definition) is 1. The van der Waals surface area contributed by atoms with Crippen LogP contribution in [0, 0.1) is 13.8 Å². The van der Waals surface area contributed by atoms with E-state index in [0.717, 1.165) is 35.7 Å². The number of rotatable bonds is 6. The zero-order chi connectivity index (χ0) is 16.1. The quantitative estimate of drug-likeness (QED) is 0.889. The number of nitrogens with zero attached hydrogens (tertiary/aromatic N) is 2. The molecule has 5 heteroatoms. The van der Waals surface area contributed by atoms with Crippen molar-refractivity contribution in [2.45, 2.75) is 34.1 Å². The molecule has 0 aliphatic heterocycles. The zero-order valence-corrected chi connectivity index (χ0v) is 13.6. The van der Waals surface area contributed by atoms with Gasteiger partial charge in [-0.3, -0.25) is 4.79 Å². The molecule has 0 unspecified atom stereocenters. The van der Waals surface area contributed by atoms with Crippen molar-refractivity contribution >= 4 is 17.3 Å². The van der Waals surface area contributed by atoms with E-state index in [0.29, 0.717) is 5.76 Å². The number of nitrogens with one attached hydrogen (secondary N) is 1. The van der Waals surface area contributed by atoms with Crippen LogP contribution >= 0.6 is 0 Å². The first-order chi connectivity index (χ1) is 10.5. The summed E-state index contributed by atoms with van der Waals surface area (Å²) >= 11 is 0. The van der Waals surface area contributed by atoms with Gasteiger partial charge in [0.05, 0.1) is 12.1 Å². The average Bonchev–Trinajstić information content (AvgIpc) is 2.82. The summed E-state index contributed by atoms with van der Waals surface area (Å²) in [5.41, 5.74) is 3.59. The number of benzene rings is 1. The van der Waals surface area contributed by atoms with Gasteiger partial charge in [0.15, 0.2) is 0 Å². The molecule has 0 saturated carbocycles. The van der Waals surface area contributed by atoms with Gasteiger partial charge >= 0.3 is 0 Å². The lowest BCUT2D eigenvalue weighted by molar-refractivity contribution is -0.115.